The van der Waals surface area contributed by atoms with Crippen molar-refractivity contribution < 1.29 is 19.4 Å². The van der Waals surface area contributed by atoms with Crippen LogP contribution in [0.2, 0.25) is 0 Å². The van der Waals surface area contributed by atoms with Crippen molar-refractivity contribution in [3.05, 3.63) is 0 Å². The highest BCUT2D eigenvalue weighted by atomic mass is 32.2. The molecule has 1 aliphatic heterocycles. The van der Waals surface area contributed by atoms with Crippen LogP contribution >= 0.6 is 11.8 Å². The van der Waals surface area contributed by atoms with Crippen LogP contribution in [0, 0.1) is 0 Å². The number of carboxylic acids is 1. The lowest BCUT2D eigenvalue weighted by Crippen LogP contribution is -2.33. The zero-order valence-corrected chi connectivity index (χ0v) is 8.25. The Morgan fingerprint density at radius 2 is 2.57 bits per heavy atom. The van der Waals surface area contributed by atoms with Gasteiger partial charge in [0.15, 0.2) is 0 Å². The molecule has 0 bridgehead atoms. The molecular weight excluding hydrogens is 208 g/mol. The first-order chi connectivity index (χ1) is 6.59. The molecule has 0 saturated carbocycles. The zero-order valence-electron chi connectivity index (χ0n) is 7.43. The number of carbonyl (C=O) groups is 2. The molecule has 1 rings (SSSR count). The van der Waals surface area contributed by atoms with Gasteiger partial charge in [0.25, 0.3) is 0 Å². The highest BCUT2D eigenvalue weighted by molar-refractivity contribution is 7.99. The summed E-state index contributed by atoms with van der Waals surface area (Å²) in [5.41, 5.74) is 5.28. The van der Waals surface area contributed by atoms with Crippen LogP contribution in [-0.2, 0) is 9.53 Å². The molecule has 1 saturated heterocycles. The predicted molar refractivity (Wildman–Crippen MR) is 51.2 cm³/mol. The van der Waals surface area contributed by atoms with Crippen molar-refractivity contribution in [2.24, 2.45) is 5.73 Å². The lowest BCUT2D eigenvalue weighted by molar-refractivity contribution is -0.137. The second-order valence-electron chi connectivity index (χ2n) is 2.89. The van der Waals surface area contributed by atoms with Gasteiger partial charge in [0.1, 0.15) is 12.1 Å². The van der Waals surface area contributed by atoms with Crippen molar-refractivity contribution >= 4 is 23.8 Å². The molecule has 4 N–H and O–H groups in total. The molecule has 1 unspecified atom stereocenters. The molecule has 0 aromatic carbocycles. The molecule has 0 radical (unpaired) electrons. The van der Waals surface area contributed by atoms with Crippen LogP contribution < -0.4 is 11.1 Å². The first-order valence-corrected chi connectivity index (χ1v) is 5.25. The quantitative estimate of drug-likeness (QED) is 0.563. The van der Waals surface area contributed by atoms with Gasteiger partial charge in [0.2, 0.25) is 0 Å². The van der Waals surface area contributed by atoms with Crippen molar-refractivity contribution in [3.8, 4) is 0 Å². The fraction of sp³-hybridized carbons (Fsp3) is 0.714. The van der Waals surface area contributed by atoms with E-state index in [2.05, 4.69) is 5.32 Å². The summed E-state index contributed by atoms with van der Waals surface area (Å²) in [6, 6.07) is -0.856. The minimum atomic E-state index is -1.01. The number of carbonyl (C=O) groups excluding carboxylic acids is 1. The van der Waals surface area contributed by atoms with Gasteiger partial charge in [-0.15, -0.1) is 0 Å². The molecule has 1 fully saturated rings. The molecule has 0 aromatic rings. The SMILES string of the molecule is N[C@H](CSCC1CNC(=O)O1)C(=O)O. The lowest BCUT2D eigenvalue weighted by Gasteiger charge is -2.08. The van der Waals surface area contributed by atoms with E-state index in [1.807, 2.05) is 0 Å². The zero-order chi connectivity index (χ0) is 10.6. The summed E-state index contributed by atoms with van der Waals surface area (Å²) in [7, 11) is 0. The molecule has 0 aliphatic carbocycles. The van der Waals surface area contributed by atoms with E-state index in [1.165, 1.54) is 11.8 Å². The number of hydrogen-bond donors (Lipinski definition) is 3. The minimum absolute atomic E-state index is 0.173. The van der Waals surface area contributed by atoms with Gasteiger partial charge in [-0.25, -0.2) is 4.79 Å². The van der Waals surface area contributed by atoms with E-state index < -0.39 is 18.1 Å². The van der Waals surface area contributed by atoms with E-state index >= 15 is 0 Å². The van der Waals surface area contributed by atoms with Crippen LogP contribution in [-0.4, -0.2) is 47.4 Å². The fourth-order valence-electron chi connectivity index (χ4n) is 0.923. The van der Waals surface area contributed by atoms with Gasteiger partial charge in [-0.1, -0.05) is 0 Å². The average Bonchev–Trinajstić information content (AvgIpc) is 2.51. The Kier molecular flexibility index (Phi) is 4.02. The Bertz CT molecular complexity index is 236. The molecule has 1 amide bonds. The van der Waals surface area contributed by atoms with Gasteiger partial charge in [0, 0.05) is 11.5 Å². The van der Waals surface area contributed by atoms with Crippen molar-refractivity contribution in [2.45, 2.75) is 12.1 Å². The fourth-order valence-corrected chi connectivity index (χ4v) is 1.90. The third kappa shape index (κ3) is 3.43. The van der Waals surface area contributed by atoms with Gasteiger partial charge in [-0.3, -0.25) is 4.79 Å². The third-order valence-electron chi connectivity index (χ3n) is 1.67. The van der Waals surface area contributed by atoms with Gasteiger partial charge in [-0.2, -0.15) is 11.8 Å². The largest absolute Gasteiger partial charge is 0.480 e. The summed E-state index contributed by atoms with van der Waals surface area (Å²) in [4.78, 5) is 20.9. The number of alkyl carbamates (subject to hydrolysis) is 1. The standard InChI is InChI=1S/C7H12N2O4S/c8-5(6(10)11)3-14-2-4-1-9-7(12)13-4/h4-5H,1-3,8H2,(H,9,12)(H,10,11)/t4?,5-/m1/s1. The van der Waals surface area contributed by atoms with E-state index in [9.17, 15) is 9.59 Å². The molecule has 7 heteroatoms. The van der Waals surface area contributed by atoms with Gasteiger partial charge >= 0.3 is 12.1 Å². The average molecular weight is 220 g/mol. The Morgan fingerprint density at radius 1 is 1.86 bits per heavy atom. The van der Waals surface area contributed by atoms with Crippen LogP contribution in [0.5, 0.6) is 0 Å². The lowest BCUT2D eigenvalue weighted by atomic mass is 10.4. The van der Waals surface area contributed by atoms with Crippen LogP contribution in [0.1, 0.15) is 0 Å². The Labute approximate surface area is 85.2 Å². The first-order valence-electron chi connectivity index (χ1n) is 4.10. The number of nitrogens with one attached hydrogen (secondary N) is 1. The summed E-state index contributed by atoms with van der Waals surface area (Å²) in [5.74, 6) is -0.123. The summed E-state index contributed by atoms with van der Waals surface area (Å²) >= 11 is 1.37. The molecule has 1 aliphatic rings. The maximum absolute atomic E-state index is 10.6. The first kappa shape index (κ1) is 11.1. The highest BCUT2D eigenvalue weighted by Crippen LogP contribution is 2.10. The van der Waals surface area contributed by atoms with Gasteiger partial charge in [-0.05, 0) is 0 Å². The molecule has 0 aromatic heterocycles. The second-order valence-corrected chi connectivity index (χ2v) is 3.97. The number of amides is 1. The molecular formula is C7H12N2O4S. The third-order valence-corrected chi connectivity index (χ3v) is 2.87. The molecule has 2 atom stereocenters. The van der Waals surface area contributed by atoms with E-state index in [1.54, 1.807) is 0 Å². The Hall–Kier alpha value is -0.950. The second kappa shape index (κ2) is 5.06. The Morgan fingerprint density at radius 3 is 3.07 bits per heavy atom. The summed E-state index contributed by atoms with van der Waals surface area (Å²) < 4.78 is 4.84. The molecule has 0 spiro atoms. The predicted octanol–water partition coefficient (Wildman–Crippen LogP) is -0.760. The van der Waals surface area contributed by atoms with E-state index in [0.29, 0.717) is 18.1 Å². The molecule has 14 heavy (non-hydrogen) atoms. The number of aliphatic carboxylic acids is 1. The van der Waals surface area contributed by atoms with E-state index in [-0.39, 0.29) is 6.10 Å². The Balaban J connectivity index is 2.09. The number of nitrogens with two attached hydrogens (primary N) is 1. The topological polar surface area (TPSA) is 102 Å². The highest BCUT2D eigenvalue weighted by Gasteiger charge is 2.22. The van der Waals surface area contributed by atoms with Crippen molar-refractivity contribution in [1.82, 2.24) is 5.32 Å². The summed E-state index contributed by atoms with van der Waals surface area (Å²) in [6.45, 7) is 0.480. The maximum atomic E-state index is 10.6. The monoisotopic (exact) mass is 220 g/mol. The molecule has 80 valence electrons. The number of carboxylic acid groups (broad SMARTS) is 1. The smallest absolute Gasteiger partial charge is 0.407 e. The van der Waals surface area contributed by atoms with Gasteiger partial charge in [0.05, 0.1) is 6.54 Å². The number of hydrogen-bond acceptors (Lipinski definition) is 5. The van der Waals surface area contributed by atoms with Crippen LogP contribution in [0.4, 0.5) is 4.79 Å². The van der Waals surface area contributed by atoms with Crippen molar-refractivity contribution in [2.75, 3.05) is 18.1 Å². The number of ether oxygens (including phenoxy) is 1. The number of thioether (sulfide) groups is 1. The van der Waals surface area contributed by atoms with E-state index in [4.69, 9.17) is 15.6 Å². The normalized spacial score (nSPS) is 22.6. The van der Waals surface area contributed by atoms with Crippen LogP contribution in [0.3, 0.4) is 0 Å². The van der Waals surface area contributed by atoms with Crippen molar-refractivity contribution in [3.63, 3.8) is 0 Å². The van der Waals surface area contributed by atoms with Crippen LogP contribution in [0.15, 0.2) is 0 Å². The minimum Gasteiger partial charge on any atom is -0.480 e. The molecule has 6 nitrogen and oxygen atoms in total. The molecule has 1 heterocycles. The maximum Gasteiger partial charge on any atom is 0.407 e. The van der Waals surface area contributed by atoms with E-state index in [0.717, 1.165) is 0 Å². The summed E-state index contributed by atoms with van der Waals surface area (Å²) in [5, 5.41) is 11.0. The number of rotatable bonds is 5. The van der Waals surface area contributed by atoms with Gasteiger partial charge < -0.3 is 20.9 Å². The van der Waals surface area contributed by atoms with Crippen LogP contribution in [0.25, 0.3) is 0 Å². The number of cyclic esters (lactones) is 1. The van der Waals surface area contributed by atoms with Crippen molar-refractivity contribution in [1.29, 1.82) is 0 Å². The summed E-state index contributed by atoms with van der Waals surface area (Å²) in [6.07, 6.45) is -0.591.